The first kappa shape index (κ1) is 20.4. The van der Waals surface area contributed by atoms with Crippen molar-refractivity contribution in [2.75, 3.05) is 6.54 Å². The lowest BCUT2D eigenvalue weighted by atomic mass is 10.1. The first-order valence-corrected chi connectivity index (χ1v) is 10.2. The highest BCUT2D eigenvalue weighted by Gasteiger charge is 2.28. The summed E-state index contributed by atoms with van der Waals surface area (Å²) in [4.78, 5) is 23.5. The van der Waals surface area contributed by atoms with Crippen LogP contribution in [-0.4, -0.2) is 31.9 Å². The lowest BCUT2D eigenvalue weighted by Crippen LogP contribution is -2.34. The van der Waals surface area contributed by atoms with Gasteiger partial charge >= 0.3 is 0 Å². The van der Waals surface area contributed by atoms with Crippen LogP contribution in [0.25, 0.3) is 11.2 Å². The molecule has 8 heteroatoms. The summed E-state index contributed by atoms with van der Waals surface area (Å²) in [6, 6.07) is 4.71. The van der Waals surface area contributed by atoms with Crippen LogP contribution in [0.5, 0.6) is 0 Å². The third kappa shape index (κ3) is 4.17. The Hall–Kier alpha value is -2.90. The number of rotatable bonds is 8. The van der Waals surface area contributed by atoms with E-state index >= 15 is 0 Å². The van der Waals surface area contributed by atoms with Crippen LogP contribution in [0.2, 0.25) is 0 Å². The molecule has 3 aromatic rings. The molecule has 1 aliphatic carbocycles. The van der Waals surface area contributed by atoms with Gasteiger partial charge in [-0.15, -0.1) is 0 Å². The molecule has 0 saturated heterocycles. The Morgan fingerprint density at radius 1 is 1.23 bits per heavy atom. The van der Waals surface area contributed by atoms with Crippen molar-refractivity contribution in [3.63, 3.8) is 0 Å². The van der Waals surface area contributed by atoms with Gasteiger partial charge in [0.05, 0.1) is 6.54 Å². The number of imidazole rings is 1. The van der Waals surface area contributed by atoms with Crippen LogP contribution in [0.1, 0.15) is 48.8 Å². The van der Waals surface area contributed by atoms with Gasteiger partial charge in [0, 0.05) is 31.4 Å². The van der Waals surface area contributed by atoms with E-state index in [4.69, 9.17) is 0 Å². The van der Waals surface area contributed by atoms with Crippen molar-refractivity contribution in [3.05, 3.63) is 59.3 Å². The normalized spacial score (nSPS) is 13.7. The zero-order valence-electron chi connectivity index (χ0n) is 16.7. The molecule has 0 unspecified atom stereocenters. The third-order valence-corrected chi connectivity index (χ3v) is 5.34. The number of fused-ring (bicyclic) bond motifs is 1. The Morgan fingerprint density at radius 3 is 2.63 bits per heavy atom. The molecule has 0 atom stereocenters. The zero-order valence-corrected chi connectivity index (χ0v) is 16.7. The Morgan fingerprint density at radius 2 is 1.97 bits per heavy atom. The van der Waals surface area contributed by atoms with Gasteiger partial charge < -0.3 is 9.47 Å². The smallest absolute Gasteiger partial charge is 0.260 e. The number of carbonyl (C=O) groups excluding carboxylic acids is 1. The van der Waals surface area contributed by atoms with Gasteiger partial charge in [-0.05, 0) is 37.3 Å². The number of unbranched alkanes of at least 4 members (excludes halogenated alkanes) is 1. The fourth-order valence-corrected chi connectivity index (χ4v) is 3.55. The van der Waals surface area contributed by atoms with Gasteiger partial charge in [-0.25, -0.2) is 23.1 Å². The van der Waals surface area contributed by atoms with Crippen molar-refractivity contribution in [2.45, 2.75) is 45.7 Å². The van der Waals surface area contributed by atoms with Crippen molar-refractivity contribution in [2.24, 2.45) is 5.92 Å². The maximum absolute atomic E-state index is 14.3. The number of halogens is 3. The Kier molecular flexibility index (Phi) is 5.74. The standard InChI is InChI=1S/C22H23F3N4O/c1-2-3-9-28(22(30)20-16(24)10-15(23)11-17(20)25)13-19-27-18-5-4-8-26-21(18)29(19)12-14-6-7-14/h4-5,8,10-11,14H,2-3,6-7,9,12-13H2,1H3. The Bertz CT molecular complexity index is 1050. The minimum atomic E-state index is -1.20. The number of hydrogen-bond acceptors (Lipinski definition) is 3. The van der Waals surface area contributed by atoms with Crippen molar-refractivity contribution in [3.8, 4) is 0 Å². The number of aromatic nitrogens is 3. The van der Waals surface area contributed by atoms with Crippen LogP contribution < -0.4 is 0 Å². The van der Waals surface area contributed by atoms with Crippen LogP contribution in [0.3, 0.4) is 0 Å². The highest BCUT2D eigenvalue weighted by Crippen LogP contribution is 2.32. The van der Waals surface area contributed by atoms with E-state index in [9.17, 15) is 18.0 Å². The third-order valence-electron chi connectivity index (χ3n) is 5.34. The van der Waals surface area contributed by atoms with Crippen molar-refractivity contribution in [1.82, 2.24) is 19.4 Å². The van der Waals surface area contributed by atoms with Crippen LogP contribution in [0.15, 0.2) is 30.5 Å². The summed E-state index contributed by atoms with van der Waals surface area (Å²) in [5.41, 5.74) is 0.715. The fourth-order valence-electron chi connectivity index (χ4n) is 3.55. The first-order chi connectivity index (χ1) is 14.5. The highest BCUT2D eigenvalue weighted by molar-refractivity contribution is 5.94. The molecule has 1 aromatic carbocycles. The molecule has 2 heterocycles. The van der Waals surface area contributed by atoms with E-state index in [1.54, 1.807) is 12.3 Å². The number of benzene rings is 1. The quantitative estimate of drug-likeness (QED) is 0.535. The summed E-state index contributed by atoms with van der Waals surface area (Å²) in [6.45, 7) is 3.12. The molecule has 1 aliphatic rings. The minimum Gasteiger partial charge on any atom is -0.331 e. The number of carbonyl (C=O) groups is 1. The molecule has 2 aromatic heterocycles. The molecule has 30 heavy (non-hydrogen) atoms. The molecule has 0 spiro atoms. The summed E-state index contributed by atoms with van der Waals surface area (Å²) in [7, 11) is 0. The second-order valence-electron chi connectivity index (χ2n) is 7.75. The van der Waals surface area contributed by atoms with Crippen LogP contribution in [0, 0.1) is 23.4 Å². The average Bonchev–Trinajstić information content (AvgIpc) is 3.46. The minimum absolute atomic E-state index is 0.0954. The van der Waals surface area contributed by atoms with Crippen LogP contribution in [0.4, 0.5) is 13.2 Å². The maximum Gasteiger partial charge on any atom is 0.260 e. The molecule has 1 saturated carbocycles. The number of amides is 1. The van der Waals surface area contributed by atoms with E-state index in [1.807, 2.05) is 17.6 Å². The van der Waals surface area contributed by atoms with E-state index in [0.717, 1.165) is 37.0 Å². The van der Waals surface area contributed by atoms with Crippen molar-refractivity contribution < 1.29 is 18.0 Å². The molecule has 158 valence electrons. The van der Waals surface area contributed by atoms with E-state index in [0.29, 0.717) is 36.8 Å². The zero-order chi connectivity index (χ0) is 21.3. The van der Waals surface area contributed by atoms with Crippen LogP contribution in [-0.2, 0) is 13.1 Å². The molecule has 0 bridgehead atoms. The number of pyridine rings is 1. The molecule has 0 radical (unpaired) electrons. The lowest BCUT2D eigenvalue weighted by Gasteiger charge is -2.23. The molecule has 0 aliphatic heterocycles. The predicted molar refractivity (Wildman–Crippen MR) is 106 cm³/mol. The predicted octanol–water partition coefficient (Wildman–Crippen LogP) is 4.70. The van der Waals surface area contributed by atoms with Crippen LogP contribution >= 0.6 is 0 Å². The molecule has 4 rings (SSSR count). The van der Waals surface area contributed by atoms with Gasteiger partial charge in [0.15, 0.2) is 5.65 Å². The molecule has 5 nitrogen and oxygen atoms in total. The number of hydrogen-bond donors (Lipinski definition) is 0. The van der Waals surface area contributed by atoms with Gasteiger partial charge in [0.1, 0.15) is 34.4 Å². The molecule has 1 fully saturated rings. The topological polar surface area (TPSA) is 51.0 Å². The van der Waals surface area contributed by atoms with Gasteiger partial charge in [0.25, 0.3) is 5.91 Å². The summed E-state index contributed by atoms with van der Waals surface area (Å²) in [6.07, 6.45) is 5.43. The van der Waals surface area contributed by atoms with Crippen molar-refractivity contribution in [1.29, 1.82) is 0 Å². The second kappa shape index (κ2) is 8.45. The molecule has 0 N–H and O–H groups in total. The van der Waals surface area contributed by atoms with Gasteiger partial charge in [0.2, 0.25) is 0 Å². The van der Waals surface area contributed by atoms with E-state index in [2.05, 4.69) is 9.97 Å². The van der Waals surface area contributed by atoms with Gasteiger partial charge in [-0.1, -0.05) is 13.3 Å². The summed E-state index contributed by atoms with van der Waals surface area (Å²) in [5.74, 6) is -3.09. The van der Waals surface area contributed by atoms with E-state index in [-0.39, 0.29) is 6.54 Å². The SMILES string of the molecule is CCCCN(Cc1nc2cccnc2n1CC1CC1)C(=O)c1c(F)cc(F)cc1F. The molecule has 1 amide bonds. The average molecular weight is 416 g/mol. The maximum atomic E-state index is 14.3. The summed E-state index contributed by atoms with van der Waals surface area (Å²) >= 11 is 0. The van der Waals surface area contributed by atoms with E-state index < -0.39 is 28.9 Å². The fraction of sp³-hybridized carbons (Fsp3) is 0.409. The van der Waals surface area contributed by atoms with Gasteiger partial charge in [-0.3, -0.25) is 4.79 Å². The number of nitrogens with zero attached hydrogens (tertiary/aromatic N) is 4. The lowest BCUT2D eigenvalue weighted by molar-refractivity contribution is 0.0724. The summed E-state index contributed by atoms with van der Waals surface area (Å²) < 4.78 is 43.8. The second-order valence-corrected chi connectivity index (χ2v) is 7.75. The van der Waals surface area contributed by atoms with Gasteiger partial charge in [-0.2, -0.15) is 0 Å². The van der Waals surface area contributed by atoms with E-state index in [1.165, 1.54) is 4.90 Å². The Balaban J connectivity index is 1.69. The molecular weight excluding hydrogens is 393 g/mol. The highest BCUT2D eigenvalue weighted by atomic mass is 19.1. The van der Waals surface area contributed by atoms with Crippen molar-refractivity contribution >= 4 is 17.1 Å². The first-order valence-electron chi connectivity index (χ1n) is 10.2. The Labute approximate surface area is 172 Å². The monoisotopic (exact) mass is 416 g/mol. The largest absolute Gasteiger partial charge is 0.331 e. The molecular formula is C22H23F3N4O. The summed E-state index contributed by atoms with van der Waals surface area (Å²) in [5, 5.41) is 0.